The van der Waals surface area contributed by atoms with Crippen LogP contribution in [0.1, 0.15) is 29.8 Å². The maximum atomic E-state index is 12.0. The van der Waals surface area contributed by atoms with E-state index in [0.29, 0.717) is 0 Å². The summed E-state index contributed by atoms with van der Waals surface area (Å²) in [4.78, 5) is 39.5. The molecular weight excluding hydrogens is 386 g/mol. The second-order valence-corrected chi connectivity index (χ2v) is 6.05. The average Bonchev–Trinajstić information content (AvgIpc) is 2.59. The van der Waals surface area contributed by atoms with E-state index in [1.165, 1.54) is 25.1 Å². The summed E-state index contributed by atoms with van der Waals surface area (Å²) in [5.74, 6) is -3.38. The lowest BCUT2D eigenvalue weighted by Crippen LogP contribution is -2.30. The molecule has 29 heavy (non-hydrogen) atoms. The van der Waals surface area contributed by atoms with Crippen molar-refractivity contribution in [1.82, 2.24) is 0 Å². The molecule has 0 aliphatic carbocycles. The van der Waals surface area contributed by atoms with Gasteiger partial charge in [0.25, 0.3) is 11.9 Å². The van der Waals surface area contributed by atoms with Crippen LogP contribution in [-0.2, 0) is 4.79 Å². The summed E-state index contributed by atoms with van der Waals surface area (Å²) in [5.41, 5.74) is 4.08. The SMILES string of the molecule is CC(=O)c1c(O)oc(=O)c(C(C)=Nc2cc(N)cc(NC(=O)C(O)CO)c2)c1O. The van der Waals surface area contributed by atoms with Gasteiger partial charge in [0.05, 0.1) is 18.0 Å². The number of Topliss-reactive ketones (excluding diaryl/α,β-unsaturated/α-hetero) is 1. The number of nitrogens with one attached hydrogen (secondary N) is 1. The van der Waals surface area contributed by atoms with E-state index in [0.717, 1.165) is 6.92 Å². The maximum Gasteiger partial charge on any atom is 0.351 e. The van der Waals surface area contributed by atoms with Crippen LogP contribution in [-0.4, -0.2) is 50.5 Å². The minimum atomic E-state index is -1.63. The molecule has 0 aliphatic heterocycles. The maximum absolute atomic E-state index is 12.0. The summed E-state index contributed by atoms with van der Waals surface area (Å²) in [6.07, 6.45) is -1.63. The lowest BCUT2D eigenvalue weighted by atomic mass is 10.1. The second kappa shape index (κ2) is 8.54. The quantitative estimate of drug-likeness (QED) is 0.222. The van der Waals surface area contributed by atoms with Gasteiger partial charge in [-0.25, -0.2) is 4.79 Å². The summed E-state index contributed by atoms with van der Waals surface area (Å²) in [7, 11) is 0. The van der Waals surface area contributed by atoms with E-state index >= 15 is 0 Å². The number of amides is 1. The Hall–Kier alpha value is -3.70. The van der Waals surface area contributed by atoms with Crippen LogP contribution in [0.15, 0.2) is 32.4 Å². The van der Waals surface area contributed by atoms with E-state index in [4.69, 9.17) is 10.8 Å². The molecule has 0 fully saturated rings. The number of nitrogens with zero attached hydrogens (tertiary/aromatic N) is 1. The minimum absolute atomic E-state index is 0.0583. The Morgan fingerprint density at radius 3 is 2.45 bits per heavy atom. The van der Waals surface area contributed by atoms with Crippen molar-refractivity contribution in [2.45, 2.75) is 20.0 Å². The van der Waals surface area contributed by atoms with E-state index in [-0.39, 0.29) is 22.8 Å². The van der Waals surface area contributed by atoms with Crippen molar-refractivity contribution in [2.75, 3.05) is 17.7 Å². The Morgan fingerprint density at radius 1 is 1.21 bits per heavy atom. The van der Waals surface area contributed by atoms with Gasteiger partial charge in [-0.05, 0) is 32.0 Å². The molecular formula is C18H19N3O8. The van der Waals surface area contributed by atoms with E-state index in [1.807, 2.05) is 0 Å². The molecule has 11 heteroatoms. The number of nitrogens with two attached hydrogens (primary N) is 1. The number of carbonyl (C=O) groups is 2. The Balaban J connectivity index is 2.50. The summed E-state index contributed by atoms with van der Waals surface area (Å²) < 4.78 is 4.58. The minimum Gasteiger partial charge on any atom is -0.506 e. The molecule has 0 bridgehead atoms. The molecule has 1 aromatic carbocycles. The Kier molecular flexibility index (Phi) is 6.36. The number of aliphatic hydroxyl groups excluding tert-OH is 2. The molecule has 0 saturated heterocycles. The second-order valence-electron chi connectivity index (χ2n) is 6.05. The molecule has 0 spiro atoms. The molecule has 1 aromatic heterocycles. The standard InChI is InChI=1S/C18H19N3O8/c1-7(13-15(25)14(8(2)23)18(28)29-17(13)27)20-10-3-9(19)4-11(5-10)21-16(26)12(24)6-22/h3-5,12,22,24-25,28H,6,19H2,1-2H3,(H,21,26). The smallest absolute Gasteiger partial charge is 0.351 e. The third kappa shape index (κ3) is 4.78. The van der Waals surface area contributed by atoms with Crippen LogP contribution < -0.4 is 16.7 Å². The number of ketones is 1. The highest BCUT2D eigenvalue weighted by atomic mass is 16.5. The molecule has 7 N–H and O–H groups in total. The molecule has 1 unspecified atom stereocenters. The summed E-state index contributed by atoms with van der Waals surface area (Å²) in [6, 6.07) is 4.12. The third-order valence-corrected chi connectivity index (χ3v) is 3.77. The molecule has 1 atom stereocenters. The first-order valence-corrected chi connectivity index (χ1v) is 8.21. The normalized spacial score (nSPS) is 12.5. The van der Waals surface area contributed by atoms with Gasteiger partial charge >= 0.3 is 5.63 Å². The lowest BCUT2D eigenvalue weighted by Gasteiger charge is -2.11. The van der Waals surface area contributed by atoms with Crippen LogP contribution in [0.5, 0.6) is 11.7 Å². The number of rotatable bonds is 6. The zero-order valence-electron chi connectivity index (χ0n) is 15.5. The van der Waals surface area contributed by atoms with Crippen LogP contribution >= 0.6 is 0 Å². The predicted octanol–water partition coefficient (Wildman–Crippen LogP) is 0.268. The number of carbonyl (C=O) groups excluding carboxylic acids is 2. The fourth-order valence-electron chi connectivity index (χ4n) is 2.48. The van der Waals surface area contributed by atoms with E-state index in [2.05, 4.69) is 14.7 Å². The summed E-state index contributed by atoms with van der Waals surface area (Å²) in [6.45, 7) is 1.65. The van der Waals surface area contributed by atoms with Gasteiger partial charge in [0.1, 0.15) is 16.9 Å². The Bertz CT molecular complexity index is 1060. The van der Waals surface area contributed by atoms with E-state index in [1.54, 1.807) is 0 Å². The number of hydrogen-bond acceptors (Lipinski definition) is 10. The van der Waals surface area contributed by atoms with Gasteiger partial charge in [-0.2, -0.15) is 0 Å². The van der Waals surface area contributed by atoms with Crippen LogP contribution in [0, 0.1) is 0 Å². The van der Waals surface area contributed by atoms with Crippen molar-refractivity contribution in [3.8, 4) is 11.7 Å². The fourth-order valence-corrected chi connectivity index (χ4v) is 2.48. The van der Waals surface area contributed by atoms with Crippen molar-refractivity contribution < 1.29 is 34.4 Å². The third-order valence-electron chi connectivity index (χ3n) is 3.77. The fraction of sp³-hybridized carbons (Fsp3) is 0.222. The van der Waals surface area contributed by atoms with Crippen molar-refractivity contribution in [1.29, 1.82) is 0 Å². The first kappa shape index (κ1) is 21.6. The van der Waals surface area contributed by atoms with E-state index in [9.17, 15) is 29.7 Å². The van der Waals surface area contributed by atoms with Crippen molar-refractivity contribution in [3.05, 3.63) is 39.7 Å². The highest BCUT2D eigenvalue weighted by Crippen LogP contribution is 2.30. The van der Waals surface area contributed by atoms with Crippen LogP contribution in [0.2, 0.25) is 0 Å². The molecule has 1 amide bonds. The van der Waals surface area contributed by atoms with Gasteiger partial charge in [-0.1, -0.05) is 0 Å². The summed E-state index contributed by atoms with van der Waals surface area (Å²) >= 11 is 0. The Labute approximate surface area is 163 Å². The van der Waals surface area contributed by atoms with Crippen LogP contribution in [0.25, 0.3) is 0 Å². The molecule has 11 nitrogen and oxygen atoms in total. The lowest BCUT2D eigenvalue weighted by molar-refractivity contribution is -0.125. The molecule has 2 rings (SSSR count). The zero-order chi connectivity index (χ0) is 21.9. The van der Waals surface area contributed by atoms with Crippen molar-refractivity contribution >= 4 is 34.5 Å². The number of hydrogen-bond donors (Lipinski definition) is 6. The predicted molar refractivity (Wildman–Crippen MR) is 103 cm³/mol. The number of aliphatic hydroxyl groups is 2. The molecule has 0 radical (unpaired) electrons. The van der Waals surface area contributed by atoms with Crippen molar-refractivity contribution in [3.63, 3.8) is 0 Å². The number of benzene rings is 1. The number of aromatic hydroxyl groups is 2. The number of nitrogen functional groups attached to an aromatic ring is 1. The summed E-state index contributed by atoms with van der Waals surface area (Å²) in [5, 5.41) is 40.3. The van der Waals surface area contributed by atoms with E-state index < -0.39 is 52.8 Å². The topological polar surface area (TPSA) is 196 Å². The monoisotopic (exact) mass is 405 g/mol. The molecule has 2 aromatic rings. The number of aliphatic imine (C=N–C) groups is 1. The number of anilines is 2. The van der Waals surface area contributed by atoms with Gasteiger partial charge in [0, 0.05) is 11.4 Å². The van der Waals surface area contributed by atoms with Gasteiger partial charge < -0.3 is 35.9 Å². The van der Waals surface area contributed by atoms with Crippen molar-refractivity contribution in [2.24, 2.45) is 4.99 Å². The van der Waals surface area contributed by atoms with Crippen LogP contribution in [0.3, 0.4) is 0 Å². The average molecular weight is 405 g/mol. The zero-order valence-corrected chi connectivity index (χ0v) is 15.5. The van der Waals surface area contributed by atoms with Gasteiger partial charge in [0.15, 0.2) is 11.9 Å². The highest BCUT2D eigenvalue weighted by molar-refractivity contribution is 6.07. The first-order valence-electron chi connectivity index (χ1n) is 8.21. The highest BCUT2D eigenvalue weighted by Gasteiger charge is 2.24. The van der Waals surface area contributed by atoms with Gasteiger partial charge in [0.2, 0.25) is 0 Å². The molecule has 0 aliphatic rings. The van der Waals surface area contributed by atoms with Gasteiger partial charge in [-0.15, -0.1) is 0 Å². The molecule has 1 heterocycles. The first-order chi connectivity index (χ1) is 13.5. The Morgan fingerprint density at radius 2 is 1.86 bits per heavy atom. The molecule has 154 valence electrons. The largest absolute Gasteiger partial charge is 0.506 e. The van der Waals surface area contributed by atoms with Gasteiger partial charge in [-0.3, -0.25) is 14.6 Å². The van der Waals surface area contributed by atoms with Crippen LogP contribution in [0.4, 0.5) is 17.1 Å². The molecule has 0 saturated carbocycles.